The summed E-state index contributed by atoms with van der Waals surface area (Å²) >= 11 is 0. The molecule has 20 heavy (non-hydrogen) atoms. The molecule has 0 saturated carbocycles. The standard InChI is InChI=1S/C18H18N2/c1-3-9-20-18-16-7-5-4-6-15(16)13(2)11-14-8-10-19-12-17(14)18/h3-8,10-12,18,20H,1,9H2,2H3. The maximum atomic E-state index is 4.30. The predicted octanol–water partition coefficient (Wildman–Crippen LogP) is 3.82. The van der Waals surface area contributed by atoms with Crippen LogP contribution in [0.5, 0.6) is 0 Å². The van der Waals surface area contributed by atoms with Crippen LogP contribution in [0.1, 0.15) is 35.2 Å². The number of nitrogens with zero attached hydrogens (tertiary/aromatic N) is 1. The molecule has 1 N–H and O–H groups in total. The van der Waals surface area contributed by atoms with Gasteiger partial charge in [0.1, 0.15) is 0 Å². The zero-order valence-electron chi connectivity index (χ0n) is 11.6. The van der Waals surface area contributed by atoms with E-state index in [1.807, 2.05) is 18.5 Å². The molecule has 0 saturated heterocycles. The van der Waals surface area contributed by atoms with Crippen molar-refractivity contribution >= 4 is 11.6 Å². The highest BCUT2D eigenvalue weighted by Gasteiger charge is 2.22. The quantitative estimate of drug-likeness (QED) is 0.851. The van der Waals surface area contributed by atoms with Crippen molar-refractivity contribution in [2.45, 2.75) is 13.0 Å². The SMILES string of the molecule is C=CCNC1c2cnccc2C=C(C)c2ccccc21. The topological polar surface area (TPSA) is 24.9 Å². The van der Waals surface area contributed by atoms with E-state index in [4.69, 9.17) is 0 Å². The number of rotatable bonds is 3. The molecule has 1 aliphatic carbocycles. The average Bonchev–Trinajstić information content (AvgIpc) is 2.60. The first kappa shape index (κ1) is 12.8. The summed E-state index contributed by atoms with van der Waals surface area (Å²) in [4.78, 5) is 4.30. The van der Waals surface area contributed by atoms with E-state index >= 15 is 0 Å². The Labute approximate surface area is 119 Å². The summed E-state index contributed by atoms with van der Waals surface area (Å²) in [5, 5.41) is 3.55. The summed E-state index contributed by atoms with van der Waals surface area (Å²) in [6.45, 7) is 6.74. The van der Waals surface area contributed by atoms with Crippen LogP contribution in [0.4, 0.5) is 0 Å². The van der Waals surface area contributed by atoms with E-state index in [2.05, 4.69) is 60.2 Å². The van der Waals surface area contributed by atoms with Crippen LogP contribution in [0.2, 0.25) is 0 Å². The van der Waals surface area contributed by atoms with Gasteiger partial charge in [0, 0.05) is 18.9 Å². The van der Waals surface area contributed by atoms with Crippen molar-refractivity contribution in [2.24, 2.45) is 0 Å². The van der Waals surface area contributed by atoms with E-state index in [0.717, 1.165) is 6.54 Å². The van der Waals surface area contributed by atoms with Crippen molar-refractivity contribution < 1.29 is 0 Å². The number of hydrogen-bond donors (Lipinski definition) is 1. The molecule has 1 aromatic heterocycles. The van der Waals surface area contributed by atoms with Gasteiger partial charge < -0.3 is 5.32 Å². The van der Waals surface area contributed by atoms with Crippen molar-refractivity contribution in [3.8, 4) is 0 Å². The Morgan fingerprint density at radius 2 is 2.10 bits per heavy atom. The summed E-state index contributed by atoms with van der Waals surface area (Å²) in [5.41, 5.74) is 6.34. The van der Waals surface area contributed by atoms with Crippen molar-refractivity contribution in [3.63, 3.8) is 0 Å². The highest BCUT2D eigenvalue weighted by molar-refractivity contribution is 5.84. The van der Waals surface area contributed by atoms with Crippen molar-refractivity contribution in [2.75, 3.05) is 6.54 Å². The molecule has 2 heteroatoms. The van der Waals surface area contributed by atoms with E-state index in [0.29, 0.717) is 0 Å². The number of benzene rings is 1. The molecular weight excluding hydrogens is 244 g/mol. The van der Waals surface area contributed by atoms with E-state index in [1.54, 1.807) is 0 Å². The lowest BCUT2D eigenvalue weighted by molar-refractivity contribution is 0.649. The number of pyridine rings is 1. The molecule has 0 aliphatic heterocycles. The smallest absolute Gasteiger partial charge is 0.0606 e. The Bertz CT molecular complexity index is 671. The van der Waals surface area contributed by atoms with Gasteiger partial charge in [-0.2, -0.15) is 0 Å². The zero-order chi connectivity index (χ0) is 13.9. The van der Waals surface area contributed by atoms with Gasteiger partial charge in [-0.1, -0.05) is 36.4 Å². The van der Waals surface area contributed by atoms with Gasteiger partial charge in [-0.3, -0.25) is 4.98 Å². The van der Waals surface area contributed by atoms with Crippen LogP contribution in [0.15, 0.2) is 55.4 Å². The maximum Gasteiger partial charge on any atom is 0.0606 e. The summed E-state index contributed by atoms with van der Waals surface area (Å²) in [5.74, 6) is 0. The molecule has 0 amide bonds. The summed E-state index contributed by atoms with van der Waals surface area (Å²) in [6.07, 6.45) is 7.94. The minimum Gasteiger partial charge on any atom is -0.303 e. The van der Waals surface area contributed by atoms with Gasteiger partial charge in [-0.05, 0) is 40.8 Å². The monoisotopic (exact) mass is 262 g/mol. The normalized spacial score (nSPS) is 16.6. The molecule has 3 rings (SSSR count). The van der Waals surface area contributed by atoms with Gasteiger partial charge in [0.05, 0.1) is 6.04 Å². The highest BCUT2D eigenvalue weighted by Crippen LogP contribution is 2.35. The number of fused-ring (bicyclic) bond motifs is 2. The third-order valence-electron chi connectivity index (χ3n) is 3.73. The van der Waals surface area contributed by atoms with E-state index in [-0.39, 0.29) is 6.04 Å². The molecule has 0 spiro atoms. The van der Waals surface area contributed by atoms with Gasteiger partial charge in [-0.15, -0.1) is 6.58 Å². The number of nitrogens with one attached hydrogen (secondary N) is 1. The fourth-order valence-electron chi connectivity index (χ4n) is 2.80. The van der Waals surface area contributed by atoms with Crippen LogP contribution in [0, 0.1) is 0 Å². The van der Waals surface area contributed by atoms with Crippen LogP contribution >= 0.6 is 0 Å². The van der Waals surface area contributed by atoms with E-state index < -0.39 is 0 Å². The van der Waals surface area contributed by atoms with Gasteiger partial charge in [0.2, 0.25) is 0 Å². The lowest BCUT2D eigenvalue weighted by atomic mass is 9.94. The van der Waals surface area contributed by atoms with Crippen LogP contribution in [-0.2, 0) is 0 Å². The Morgan fingerprint density at radius 1 is 1.25 bits per heavy atom. The highest BCUT2D eigenvalue weighted by atomic mass is 14.9. The van der Waals surface area contributed by atoms with Crippen molar-refractivity contribution in [3.05, 3.63) is 77.6 Å². The van der Waals surface area contributed by atoms with Gasteiger partial charge >= 0.3 is 0 Å². The second-order valence-corrected chi connectivity index (χ2v) is 5.05. The summed E-state index contributed by atoms with van der Waals surface area (Å²) in [7, 11) is 0. The summed E-state index contributed by atoms with van der Waals surface area (Å²) in [6, 6.07) is 10.8. The third-order valence-corrected chi connectivity index (χ3v) is 3.73. The molecule has 2 aromatic rings. The maximum absolute atomic E-state index is 4.30. The minimum atomic E-state index is 0.154. The first-order valence-electron chi connectivity index (χ1n) is 6.87. The van der Waals surface area contributed by atoms with Crippen LogP contribution in [-0.4, -0.2) is 11.5 Å². The predicted molar refractivity (Wildman–Crippen MR) is 84.3 cm³/mol. The van der Waals surface area contributed by atoms with Crippen LogP contribution in [0.25, 0.3) is 11.6 Å². The Hall–Kier alpha value is -2.19. The molecule has 0 fully saturated rings. The third kappa shape index (κ3) is 2.19. The molecule has 1 heterocycles. The van der Waals surface area contributed by atoms with E-state index in [9.17, 15) is 0 Å². The molecule has 1 aliphatic rings. The molecule has 1 atom stereocenters. The first-order valence-corrected chi connectivity index (χ1v) is 6.87. The zero-order valence-corrected chi connectivity index (χ0v) is 11.6. The Morgan fingerprint density at radius 3 is 2.95 bits per heavy atom. The Balaban J connectivity index is 2.21. The molecule has 2 nitrogen and oxygen atoms in total. The average molecular weight is 262 g/mol. The van der Waals surface area contributed by atoms with Crippen molar-refractivity contribution in [1.82, 2.24) is 10.3 Å². The minimum absolute atomic E-state index is 0.154. The largest absolute Gasteiger partial charge is 0.303 e. The second kappa shape index (κ2) is 5.43. The van der Waals surface area contributed by atoms with E-state index in [1.165, 1.54) is 27.8 Å². The van der Waals surface area contributed by atoms with Gasteiger partial charge in [0.15, 0.2) is 0 Å². The summed E-state index contributed by atoms with van der Waals surface area (Å²) < 4.78 is 0. The van der Waals surface area contributed by atoms with Crippen LogP contribution < -0.4 is 5.32 Å². The molecular formula is C18H18N2. The Kier molecular flexibility index (Phi) is 3.48. The molecule has 1 aromatic carbocycles. The fraction of sp³-hybridized carbons (Fsp3) is 0.167. The lowest BCUT2D eigenvalue weighted by Crippen LogP contribution is -2.23. The molecule has 1 unspecified atom stereocenters. The van der Waals surface area contributed by atoms with Crippen LogP contribution in [0.3, 0.4) is 0 Å². The molecule has 0 bridgehead atoms. The number of hydrogen-bond acceptors (Lipinski definition) is 2. The second-order valence-electron chi connectivity index (χ2n) is 5.05. The molecule has 0 radical (unpaired) electrons. The number of aromatic nitrogens is 1. The van der Waals surface area contributed by atoms with Crippen molar-refractivity contribution in [1.29, 1.82) is 0 Å². The van der Waals surface area contributed by atoms with Gasteiger partial charge in [0.25, 0.3) is 0 Å². The van der Waals surface area contributed by atoms with Gasteiger partial charge in [-0.25, -0.2) is 0 Å². The lowest BCUT2D eigenvalue weighted by Gasteiger charge is -2.21. The molecule has 100 valence electrons. The fourth-order valence-corrected chi connectivity index (χ4v) is 2.80. The number of allylic oxidation sites excluding steroid dienone is 1. The first-order chi connectivity index (χ1) is 9.81.